The summed E-state index contributed by atoms with van der Waals surface area (Å²) >= 11 is 0. The van der Waals surface area contributed by atoms with Gasteiger partial charge in [-0.2, -0.15) is 0 Å². The molecule has 2 aliphatic rings. The Kier molecular flexibility index (Phi) is 5.55. The van der Waals surface area contributed by atoms with Crippen molar-refractivity contribution in [2.45, 2.75) is 18.9 Å². The van der Waals surface area contributed by atoms with Crippen molar-refractivity contribution in [1.82, 2.24) is 14.6 Å². The fraction of sp³-hybridized carbons (Fsp3) is 0.625. The SMILES string of the molecule is CS(=O)(=O)N1CCCC(NC(=O)c2cccnc2N2CCOCC2)C1. The van der Waals surface area contributed by atoms with E-state index in [4.69, 9.17) is 4.74 Å². The first-order valence-electron chi connectivity index (χ1n) is 8.49. The molecule has 1 N–H and O–H groups in total. The number of rotatable bonds is 4. The highest BCUT2D eigenvalue weighted by atomic mass is 32.2. The van der Waals surface area contributed by atoms with Crippen molar-refractivity contribution in [1.29, 1.82) is 0 Å². The zero-order chi connectivity index (χ0) is 17.9. The molecule has 2 aliphatic heterocycles. The molecule has 8 nitrogen and oxygen atoms in total. The number of ether oxygens (including phenoxy) is 1. The largest absolute Gasteiger partial charge is 0.378 e. The average molecular weight is 368 g/mol. The van der Waals surface area contributed by atoms with E-state index >= 15 is 0 Å². The van der Waals surface area contributed by atoms with Crippen molar-refractivity contribution in [3.63, 3.8) is 0 Å². The summed E-state index contributed by atoms with van der Waals surface area (Å²) in [7, 11) is -3.24. The molecule has 0 saturated carbocycles. The number of carbonyl (C=O) groups excluding carboxylic acids is 1. The number of sulfonamides is 1. The molecule has 0 spiro atoms. The predicted octanol–water partition coefficient (Wildman–Crippen LogP) is 0.0720. The summed E-state index contributed by atoms with van der Waals surface area (Å²) in [6.07, 6.45) is 4.38. The van der Waals surface area contributed by atoms with E-state index in [1.54, 1.807) is 18.3 Å². The van der Waals surface area contributed by atoms with E-state index in [2.05, 4.69) is 10.3 Å². The number of hydrogen-bond acceptors (Lipinski definition) is 6. The third-order valence-electron chi connectivity index (χ3n) is 4.53. The lowest BCUT2D eigenvalue weighted by atomic mass is 10.1. The number of pyridine rings is 1. The van der Waals surface area contributed by atoms with Gasteiger partial charge in [-0.05, 0) is 25.0 Å². The minimum absolute atomic E-state index is 0.186. The van der Waals surface area contributed by atoms with Crippen molar-refractivity contribution >= 4 is 21.7 Å². The Balaban J connectivity index is 1.71. The molecule has 1 atom stereocenters. The number of anilines is 1. The Bertz CT molecular complexity index is 719. The van der Waals surface area contributed by atoms with Gasteiger partial charge in [0.25, 0.3) is 5.91 Å². The molecule has 9 heteroatoms. The molecule has 1 amide bonds. The predicted molar refractivity (Wildman–Crippen MR) is 94.2 cm³/mol. The molecule has 1 aromatic rings. The Hall–Kier alpha value is -1.71. The number of piperidine rings is 1. The van der Waals surface area contributed by atoms with Crippen molar-refractivity contribution in [2.24, 2.45) is 0 Å². The lowest BCUT2D eigenvalue weighted by Gasteiger charge is -2.32. The quantitative estimate of drug-likeness (QED) is 0.809. The first-order valence-corrected chi connectivity index (χ1v) is 10.3. The van der Waals surface area contributed by atoms with Crippen LogP contribution in [0.3, 0.4) is 0 Å². The van der Waals surface area contributed by atoms with E-state index in [0.717, 1.165) is 12.8 Å². The summed E-state index contributed by atoms with van der Waals surface area (Å²) in [5.74, 6) is 0.439. The number of morpholine rings is 1. The zero-order valence-electron chi connectivity index (χ0n) is 14.3. The molecular weight excluding hydrogens is 344 g/mol. The number of nitrogens with zero attached hydrogens (tertiary/aromatic N) is 3. The van der Waals surface area contributed by atoms with Crippen molar-refractivity contribution < 1.29 is 17.9 Å². The number of nitrogens with one attached hydrogen (secondary N) is 1. The second-order valence-corrected chi connectivity index (χ2v) is 8.39. The first-order chi connectivity index (χ1) is 11.9. The molecule has 3 rings (SSSR count). The van der Waals surface area contributed by atoms with E-state index in [0.29, 0.717) is 50.8 Å². The van der Waals surface area contributed by atoms with Crippen LogP contribution in [-0.2, 0) is 14.8 Å². The molecule has 0 aliphatic carbocycles. The molecule has 2 saturated heterocycles. The van der Waals surface area contributed by atoms with Crippen LogP contribution in [0.5, 0.6) is 0 Å². The van der Waals surface area contributed by atoms with Crippen LogP contribution in [0.2, 0.25) is 0 Å². The maximum atomic E-state index is 12.8. The molecular formula is C16H24N4O4S. The van der Waals surface area contributed by atoms with Gasteiger partial charge in [0, 0.05) is 38.4 Å². The van der Waals surface area contributed by atoms with Gasteiger partial charge in [0.05, 0.1) is 25.0 Å². The Morgan fingerprint density at radius 3 is 2.80 bits per heavy atom. The summed E-state index contributed by atoms with van der Waals surface area (Å²) < 4.78 is 30.2. The zero-order valence-corrected chi connectivity index (χ0v) is 15.2. The molecule has 0 radical (unpaired) electrons. The Morgan fingerprint density at radius 2 is 2.08 bits per heavy atom. The van der Waals surface area contributed by atoms with Gasteiger partial charge < -0.3 is 15.0 Å². The van der Waals surface area contributed by atoms with Gasteiger partial charge in [0.2, 0.25) is 10.0 Å². The number of carbonyl (C=O) groups is 1. The van der Waals surface area contributed by atoms with Gasteiger partial charge >= 0.3 is 0 Å². The molecule has 3 heterocycles. The van der Waals surface area contributed by atoms with Crippen LogP contribution in [0.25, 0.3) is 0 Å². The third kappa shape index (κ3) is 4.47. The van der Waals surface area contributed by atoms with E-state index in [1.165, 1.54) is 10.6 Å². The van der Waals surface area contributed by atoms with Crippen LogP contribution < -0.4 is 10.2 Å². The maximum absolute atomic E-state index is 12.8. The monoisotopic (exact) mass is 368 g/mol. The molecule has 0 bridgehead atoms. The van der Waals surface area contributed by atoms with Gasteiger partial charge in [-0.3, -0.25) is 4.79 Å². The third-order valence-corrected chi connectivity index (χ3v) is 5.80. The highest BCUT2D eigenvalue weighted by molar-refractivity contribution is 7.88. The highest BCUT2D eigenvalue weighted by Crippen LogP contribution is 2.20. The summed E-state index contributed by atoms with van der Waals surface area (Å²) in [6, 6.07) is 3.31. The molecule has 2 fully saturated rings. The summed E-state index contributed by atoms with van der Waals surface area (Å²) in [6.45, 7) is 3.45. The van der Waals surface area contributed by atoms with Crippen LogP contribution in [0.1, 0.15) is 23.2 Å². The number of amides is 1. The van der Waals surface area contributed by atoms with Crippen molar-refractivity contribution in [3.8, 4) is 0 Å². The van der Waals surface area contributed by atoms with Gasteiger partial charge in [-0.1, -0.05) is 0 Å². The topological polar surface area (TPSA) is 91.8 Å². The van der Waals surface area contributed by atoms with E-state index in [9.17, 15) is 13.2 Å². The minimum atomic E-state index is -3.24. The lowest BCUT2D eigenvalue weighted by molar-refractivity contribution is 0.0919. The Morgan fingerprint density at radius 1 is 1.32 bits per heavy atom. The fourth-order valence-corrected chi connectivity index (χ4v) is 4.14. The first kappa shape index (κ1) is 18.1. The normalized spacial score (nSPS) is 22.6. The van der Waals surface area contributed by atoms with Gasteiger partial charge in [-0.25, -0.2) is 17.7 Å². The standard InChI is InChI=1S/C16H24N4O4S/c1-25(22,23)20-7-3-4-13(12-20)18-16(21)14-5-2-6-17-15(14)19-8-10-24-11-9-19/h2,5-6,13H,3-4,7-12H2,1H3,(H,18,21). The van der Waals surface area contributed by atoms with Crippen molar-refractivity contribution in [3.05, 3.63) is 23.9 Å². The van der Waals surface area contributed by atoms with Crippen molar-refractivity contribution in [2.75, 3.05) is 50.5 Å². The van der Waals surface area contributed by atoms with Gasteiger partial charge in [0.1, 0.15) is 5.82 Å². The smallest absolute Gasteiger partial charge is 0.255 e. The van der Waals surface area contributed by atoms with Crippen LogP contribution >= 0.6 is 0 Å². The maximum Gasteiger partial charge on any atom is 0.255 e. The number of hydrogen-bond donors (Lipinski definition) is 1. The molecule has 1 unspecified atom stereocenters. The Labute approximate surface area is 148 Å². The lowest BCUT2D eigenvalue weighted by Crippen LogP contribution is -2.49. The fourth-order valence-electron chi connectivity index (χ4n) is 3.23. The summed E-state index contributed by atoms with van der Waals surface area (Å²) in [5.41, 5.74) is 0.515. The van der Waals surface area contributed by atoms with E-state index < -0.39 is 10.0 Å². The molecule has 1 aromatic heterocycles. The second kappa shape index (κ2) is 7.67. The molecule has 0 aromatic carbocycles. The average Bonchev–Trinajstić information content (AvgIpc) is 2.62. The van der Waals surface area contributed by atoms with E-state index in [-0.39, 0.29) is 11.9 Å². The molecule has 138 valence electrons. The minimum Gasteiger partial charge on any atom is -0.378 e. The van der Waals surface area contributed by atoms with Crippen LogP contribution in [0.15, 0.2) is 18.3 Å². The molecule has 25 heavy (non-hydrogen) atoms. The van der Waals surface area contributed by atoms with Crippen LogP contribution in [0, 0.1) is 0 Å². The van der Waals surface area contributed by atoms with Gasteiger partial charge in [0.15, 0.2) is 0 Å². The van der Waals surface area contributed by atoms with E-state index in [1.807, 2.05) is 4.90 Å². The van der Waals surface area contributed by atoms with Crippen LogP contribution in [-0.4, -0.2) is 75.3 Å². The number of aromatic nitrogens is 1. The highest BCUT2D eigenvalue weighted by Gasteiger charge is 2.28. The van der Waals surface area contributed by atoms with Crippen LogP contribution in [0.4, 0.5) is 5.82 Å². The van der Waals surface area contributed by atoms with Gasteiger partial charge in [-0.15, -0.1) is 0 Å². The second-order valence-electron chi connectivity index (χ2n) is 6.41. The summed E-state index contributed by atoms with van der Waals surface area (Å²) in [4.78, 5) is 19.2. The summed E-state index contributed by atoms with van der Waals surface area (Å²) in [5, 5.41) is 2.97.